The highest BCUT2D eigenvalue weighted by molar-refractivity contribution is 7.12. The minimum absolute atomic E-state index is 0.799. The van der Waals surface area contributed by atoms with Gasteiger partial charge in [-0.3, -0.25) is 0 Å². The highest BCUT2D eigenvalue weighted by atomic mass is 32.1. The van der Waals surface area contributed by atoms with Crippen LogP contribution in [0.4, 0.5) is 0 Å². The van der Waals surface area contributed by atoms with Gasteiger partial charge in [-0.2, -0.15) is 0 Å². The van der Waals surface area contributed by atoms with Crippen LogP contribution in [0.25, 0.3) is 0 Å². The van der Waals surface area contributed by atoms with E-state index in [1.54, 1.807) is 0 Å². The number of hydrogen-bond donors (Lipinski definition) is 1. The van der Waals surface area contributed by atoms with Crippen molar-refractivity contribution in [2.24, 2.45) is 5.92 Å². The molecule has 1 N–H and O–H groups in total. The van der Waals surface area contributed by atoms with E-state index in [-0.39, 0.29) is 0 Å². The smallest absolute Gasteiger partial charge is 0.0216 e. The van der Waals surface area contributed by atoms with Crippen molar-refractivity contribution in [3.05, 3.63) is 21.4 Å². The molecule has 0 aliphatic rings. The summed E-state index contributed by atoms with van der Waals surface area (Å²) in [4.78, 5) is 2.88. The molecule has 0 amide bonds. The molecule has 0 spiro atoms. The third-order valence-electron chi connectivity index (χ3n) is 2.36. The van der Waals surface area contributed by atoms with Crippen molar-refractivity contribution in [3.63, 3.8) is 0 Å². The molecule has 1 aromatic rings. The SMILES string of the molecule is Cc1cc(CNCCC(C)C)c(C)s1. The topological polar surface area (TPSA) is 12.0 Å². The van der Waals surface area contributed by atoms with Crippen LogP contribution < -0.4 is 5.32 Å². The van der Waals surface area contributed by atoms with Gasteiger partial charge in [-0.25, -0.2) is 0 Å². The highest BCUT2D eigenvalue weighted by Crippen LogP contribution is 2.20. The van der Waals surface area contributed by atoms with Gasteiger partial charge in [0.15, 0.2) is 0 Å². The van der Waals surface area contributed by atoms with Crippen molar-refractivity contribution >= 4 is 11.3 Å². The number of nitrogens with one attached hydrogen (secondary N) is 1. The van der Waals surface area contributed by atoms with Gasteiger partial charge in [0.1, 0.15) is 0 Å². The third kappa shape index (κ3) is 3.81. The Morgan fingerprint density at radius 1 is 1.36 bits per heavy atom. The number of rotatable bonds is 5. The predicted molar refractivity (Wildman–Crippen MR) is 65.0 cm³/mol. The van der Waals surface area contributed by atoms with Gasteiger partial charge in [0.05, 0.1) is 0 Å². The molecule has 0 fully saturated rings. The molecule has 0 atom stereocenters. The van der Waals surface area contributed by atoms with Crippen LogP contribution >= 0.6 is 11.3 Å². The van der Waals surface area contributed by atoms with Gasteiger partial charge < -0.3 is 5.32 Å². The Kier molecular flexibility index (Phi) is 4.63. The van der Waals surface area contributed by atoms with Gasteiger partial charge in [-0.1, -0.05) is 13.8 Å². The van der Waals surface area contributed by atoms with Crippen molar-refractivity contribution < 1.29 is 0 Å². The predicted octanol–water partition coefficient (Wildman–Crippen LogP) is 3.50. The quantitative estimate of drug-likeness (QED) is 0.735. The third-order valence-corrected chi connectivity index (χ3v) is 3.37. The first-order valence-corrected chi connectivity index (χ1v) is 6.18. The lowest BCUT2D eigenvalue weighted by Gasteiger charge is -2.06. The number of thiophene rings is 1. The molecule has 0 aromatic carbocycles. The molecule has 1 rings (SSSR count). The first-order valence-electron chi connectivity index (χ1n) is 5.36. The summed E-state index contributed by atoms with van der Waals surface area (Å²) >= 11 is 1.89. The molecule has 14 heavy (non-hydrogen) atoms. The minimum Gasteiger partial charge on any atom is -0.313 e. The molecule has 0 saturated carbocycles. The summed E-state index contributed by atoms with van der Waals surface area (Å²) in [5.74, 6) is 0.799. The maximum Gasteiger partial charge on any atom is 0.0216 e. The van der Waals surface area contributed by atoms with Crippen LogP contribution in [-0.4, -0.2) is 6.54 Å². The first kappa shape index (κ1) is 11.7. The van der Waals surface area contributed by atoms with Crippen LogP contribution in [0.5, 0.6) is 0 Å². The normalized spacial score (nSPS) is 11.2. The summed E-state index contributed by atoms with van der Waals surface area (Å²) < 4.78 is 0. The van der Waals surface area contributed by atoms with Gasteiger partial charge in [-0.05, 0) is 44.4 Å². The van der Waals surface area contributed by atoms with E-state index < -0.39 is 0 Å². The van der Waals surface area contributed by atoms with Gasteiger partial charge in [0.25, 0.3) is 0 Å². The summed E-state index contributed by atoms with van der Waals surface area (Å²) in [5.41, 5.74) is 1.47. The molecule has 1 nitrogen and oxygen atoms in total. The van der Waals surface area contributed by atoms with Crippen LogP contribution in [0.2, 0.25) is 0 Å². The molecule has 0 bridgehead atoms. The molecule has 0 radical (unpaired) electrons. The Labute approximate surface area is 91.5 Å². The van der Waals surface area contributed by atoms with Crippen LogP contribution in [0.15, 0.2) is 6.07 Å². The zero-order chi connectivity index (χ0) is 10.6. The van der Waals surface area contributed by atoms with Crippen molar-refractivity contribution in [1.82, 2.24) is 5.32 Å². The summed E-state index contributed by atoms with van der Waals surface area (Å²) in [6.07, 6.45) is 1.27. The van der Waals surface area contributed by atoms with Gasteiger partial charge in [0, 0.05) is 16.3 Å². The van der Waals surface area contributed by atoms with Crippen molar-refractivity contribution in [3.8, 4) is 0 Å². The van der Waals surface area contributed by atoms with E-state index in [0.29, 0.717) is 0 Å². The highest BCUT2D eigenvalue weighted by Gasteiger charge is 2.01. The molecule has 0 aliphatic carbocycles. The van der Waals surface area contributed by atoms with Crippen LogP contribution in [0, 0.1) is 19.8 Å². The van der Waals surface area contributed by atoms with E-state index in [2.05, 4.69) is 39.1 Å². The zero-order valence-electron chi connectivity index (χ0n) is 9.68. The van der Waals surface area contributed by atoms with Gasteiger partial charge >= 0.3 is 0 Å². The molecular weight excluding hydrogens is 190 g/mol. The lowest BCUT2D eigenvalue weighted by Crippen LogP contribution is -2.16. The summed E-state index contributed by atoms with van der Waals surface area (Å²) in [5, 5.41) is 3.49. The van der Waals surface area contributed by atoms with E-state index in [1.165, 1.54) is 21.7 Å². The standard InChI is InChI=1S/C12H21NS/c1-9(2)5-6-13-8-12-7-10(3)14-11(12)4/h7,9,13H,5-6,8H2,1-4H3. The van der Waals surface area contributed by atoms with E-state index in [9.17, 15) is 0 Å². The summed E-state index contributed by atoms with van der Waals surface area (Å²) in [6, 6.07) is 2.29. The summed E-state index contributed by atoms with van der Waals surface area (Å²) in [6.45, 7) is 11.1. The first-order chi connectivity index (χ1) is 6.59. The fourth-order valence-electron chi connectivity index (χ4n) is 1.47. The van der Waals surface area contributed by atoms with Crippen LogP contribution in [0.3, 0.4) is 0 Å². The van der Waals surface area contributed by atoms with Crippen molar-refractivity contribution in [2.75, 3.05) is 6.54 Å². The lowest BCUT2D eigenvalue weighted by molar-refractivity contribution is 0.537. The molecule has 1 aromatic heterocycles. The van der Waals surface area contributed by atoms with Gasteiger partial charge in [0.2, 0.25) is 0 Å². The van der Waals surface area contributed by atoms with Crippen molar-refractivity contribution in [1.29, 1.82) is 0 Å². The Hall–Kier alpha value is -0.340. The monoisotopic (exact) mass is 211 g/mol. The Morgan fingerprint density at radius 2 is 2.07 bits per heavy atom. The molecule has 1 heterocycles. The molecule has 2 heteroatoms. The van der Waals surface area contributed by atoms with Gasteiger partial charge in [-0.15, -0.1) is 11.3 Å². The second-order valence-electron chi connectivity index (χ2n) is 4.30. The maximum absolute atomic E-state index is 3.49. The van der Waals surface area contributed by atoms with Crippen LogP contribution in [0.1, 0.15) is 35.6 Å². The maximum atomic E-state index is 3.49. The van der Waals surface area contributed by atoms with E-state index >= 15 is 0 Å². The average Bonchev–Trinajstić information content (AvgIpc) is 2.39. The second-order valence-corrected chi connectivity index (χ2v) is 5.76. The molecule has 0 saturated heterocycles. The summed E-state index contributed by atoms with van der Waals surface area (Å²) in [7, 11) is 0. The largest absolute Gasteiger partial charge is 0.313 e. The van der Waals surface area contributed by atoms with Crippen molar-refractivity contribution in [2.45, 2.75) is 40.7 Å². The minimum atomic E-state index is 0.799. The fourth-order valence-corrected chi connectivity index (χ4v) is 2.42. The molecule has 0 aliphatic heterocycles. The Balaban J connectivity index is 2.28. The lowest BCUT2D eigenvalue weighted by atomic mass is 10.1. The number of hydrogen-bond acceptors (Lipinski definition) is 2. The average molecular weight is 211 g/mol. The van der Waals surface area contributed by atoms with Crippen LogP contribution in [-0.2, 0) is 6.54 Å². The Morgan fingerprint density at radius 3 is 2.57 bits per heavy atom. The second kappa shape index (κ2) is 5.52. The molecule has 0 unspecified atom stereocenters. The molecular formula is C12H21NS. The fraction of sp³-hybridized carbons (Fsp3) is 0.667. The molecule has 80 valence electrons. The Bertz CT molecular complexity index is 276. The zero-order valence-corrected chi connectivity index (χ0v) is 10.5. The number of aryl methyl sites for hydroxylation is 2. The van der Waals surface area contributed by atoms with E-state index in [0.717, 1.165) is 19.0 Å². The van der Waals surface area contributed by atoms with E-state index in [1.807, 2.05) is 11.3 Å². The van der Waals surface area contributed by atoms with E-state index in [4.69, 9.17) is 0 Å².